The lowest BCUT2D eigenvalue weighted by atomic mass is 9.51. The largest absolute Gasteiger partial charge is 0.477 e. The van der Waals surface area contributed by atoms with Crippen molar-refractivity contribution in [1.82, 2.24) is 15.6 Å². The third-order valence-electron chi connectivity index (χ3n) is 6.39. The van der Waals surface area contributed by atoms with E-state index in [2.05, 4.69) is 27.5 Å². The molecule has 3 aliphatic carbocycles. The Hall–Kier alpha value is -1.09. The van der Waals surface area contributed by atoms with Gasteiger partial charge in [0.2, 0.25) is 5.88 Å². The van der Waals surface area contributed by atoms with Gasteiger partial charge < -0.3 is 20.1 Å². The average Bonchev–Trinajstić information content (AvgIpc) is 3.45. The second-order valence-corrected chi connectivity index (χ2v) is 8.15. The molecule has 156 valence electrons. The van der Waals surface area contributed by atoms with Crippen LogP contribution in [0.3, 0.4) is 0 Å². The van der Waals surface area contributed by atoms with Crippen LogP contribution in [0, 0.1) is 11.3 Å². The SMILES string of the molecule is CCOC1CC(NC(=NC)NCc2ccnc(OCC3CC3)c2)C12CCC2.I. The number of aliphatic imine (C=N–C) groups is 1. The number of hydrogen-bond acceptors (Lipinski definition) is 4. The van der Waals surface area contributed by atoms with Gasteiger partial charge in [-0.1, -0.05) is 6.42 Å². The van der Waals surface area contributed by atoms with Gasteiger partial charge in [0.1, 0.15) is 0 Å². The van der Waals surface area contributed by atoms with E-state index in [1.165, 1.54) is 32.1 Å². The Morgan fingerprint density at radius 3 is 2.82 bits per heavy atom. The third-order valence-corrected chi connectivity index (χ3v) is 6.39. The number of ether oxygens (including phenoxy) is 2. The topological polar surface area (TPSA) is 67.8 Å². The molecule has 4 rings (SSSR count). The lowest BCUT2D eigenvalue weighted by Crippen LogP contribution is -2.68. The van der Waals surface area contributed by atoms with E-state index in [1.807, 2.05) is 25.4 Å². The van der Waals surface area contributed by atoms with E-state index in [0.29, 0.717) is 24.1 Å². The molecule has 6 nitrogen and oxygen atoms in total. The van der Waals surface area contributed by atoms with E-state index in [4.69, 9.17) is 9.47 Å². The summed E-state index contributed by atoms with van der Waals surface area (Å²) < 4.78 is 11.7. The maximum Gasteiger partial charge on any atom is 0.213 e. The van der Waals surface area contributed by atoms with Crippen LogP contribution in [-0.4, -0.2) is 43.4 Å². The smallest absolute Gasteiger partial charge is 0.213 e. The molecule has 2 N–H and O–H groups in total. The minimum Gasteiger partial charge on any atom is -0.477 e. The molecule has 0 bridgehead atoms. The van der Waals surface area contributed by atoms with Crippen molar-refractivity contribution in [2.75, 3.05) is 20.3 Å². The van der Waals surface area contributed by atoms with Crippen molar-refractivity contribution < 1.29 is 9.47 Å². The fraction of sp³-hybridized carbons (Fsp3) is 0.714. The Labute approximate surface area is 185 Å². The Kier molecular flexibility index (Phi) is 7.42. The highest BCUT2D eigenvalue weighted by Crippen LogP contribution is 2.57. The first-order chi connectivity index (χ1) is 13.2. The van der Waals surface area contributed by atoms with Gasteiger partial charge in [0, 0.05) is 43.9 Å². The molecule has 1 spiro atoms. The second-order valence-electron chi connectivity index (χ2n) is 8.15. The zero-order chi connectivity index (χ0) is 18.7. The predicted octanol–water partition coefficient (Wildman–Crippen LogP) is 3.50. The Morgan fingerprint density at radius 1 is 1.36 bits per heavy atom. The Bertz CT molecular complexity index is 676. The van der Waals surface area contributed by atoms with E-state index in [9.17, 15) is 0 Å². The summed E-state index contributed by atoms with van der Waals surface area (Å²) in [5, 5.41) is 7.07. The van der Waals surface area contributed by atoms with E-state index in [-0.39, 0.29) is 24.0 Å². The molecule has 3 aliphatic rings. The maximum absolute atomic E-state index is 5.95. The lowest BCUT2D eigenvalue weighted by Gasteiger charge is -2.61. The first-order valence-corrected chi connectivity index (χ1v) is 10.4. The van der Waals surface area contributed by atoms with E-state index < -0.39 is 0 Å². The zero-order valence-corrected chi connectivity index (χ0v) is 19.3. The molecule has 0 amide bonds. The number of aromatic nitrogens is 1. The van der Waals surface area contributed by atoms with Crippen LogP contribution >= 0.6 is 24.0 Å². The molecule has 0 radical (unpaired) electrons. The summed E-state index contributed by atoms with van der Waals surface area (Å²) in [6.45, 7) is 4.39. The highest BCUT2D eigenvalue weighted by molar-refractivity contribution is 14.0. The Balaban J connectivity index is 0.00000225. The van der Waals surface area contributed by atoms with Gasteiger partial charge in [-0.3, -0.25) is 4.99 Å². The molecule has 28 heavy (non-hydrogen) atoms. The highest BCUT2D eigenvalue weighted by Gasteiger charge is 2.59. The fourth-order valence-electron chi connectivity index (χ4n) is 4.31. The average molecular weight is 500 g/mol. The molecular weight excluding hydrogens is 467 g/mol. The fourth-order valence-corrected chi connectivity index (χ4v) is 4.31. The van der Waals surface area contributed by atoms with Crippen LogP contribution in [-0.2, 0) is 11.3 Å². The standard InChI is InChI=1S/C21H32N4O2.HI/c1-3-26-18-12-17(21(18)8-4-9-21)25-20(22-2)24-13-16-7-10-23-19(11-16)27-14-15-5-6-15;/h7,10-11,15,17-18H,3-6,8-9,12-14H2,1-2H3,(H2,22,24,25);1H. The molecule has 0 saturated heterocycles. The van der Waals surface area contributed by atoms with Crippen molar-refractivity contribution in [1.29, 1.82) is 0 Å². The van der Waals surface area contributed by atoms with Crippen LogP contribution in [0.2, 0.25) is 0 Å². The van der Waals surface area contributed by atoms with Gasteiger partial charge >= 0.3 is 0 Å². The van der Waals surface area contributed by atoms with Crippen molar-refractivity contribution in [3.05, 3.63) is 23.9 Å². The number of nitrogens with one attached hydrogen (secondary N) is 2. The van der Waals surface area contributed by atoms with Crippen LogP contribution in [0.1, 0.15) is 51.0 Å². The number of halogens is 1. The summed E-state index contributed by atoms with van der Waals surface area (Å²) >= 11 is 0. The second kappa shape index (κ2) is 9.61. The van der Waals surface area contributed by atoms with Crippen LogP contribution in [0.15, 0.2) is 23.3 Å². The molecule has 2 unspecified atom stereocenters. The molecule has 0 aromatic carbocycles. The number of hydrogen-bond donors (Lipinski definition) is 2. The summed E-state index contributed by atoms with van der Waals surface area (Å²) in [6, 6.07) is 4.50. The number of pyridine rings is 1. The molecule has 1 heterocycles. The normalized spacial score (nSPS) is 25.3. The van der Waals surface area contributed by atoms with Gasteiger partial charge in [-0.25, -0.2) is 4.98 Å². The van der Waals surface area contributed by atoms with Crippen molar-refractivity contribution >= 4 is 29.9 Å². The molecule has 7 heteroatoms. The quantitative estimate of drug-likeness (QED) is 0.325. The van der Waals surface area contributed by atoms with Crippen molar-refractivity contribution in [2.24, 2.45) is 16.3 Å². The van der Waals surface area contributed by atoms with E-state index in [0.717, 1.165) is 43.0 Å². The summed E-state index contributed by atoms with van der Waals surface area (Å²) in [5.41, 5.74) is 1.48. The third kappa shape index (κ3) is 4.72. The lowest BCUT2D eigenvalue weighted by molar-refractivity contribution is -0.168. The maximum atomic E-state index is 5.95. The summed E-state index contributed by atoms with van der Waals surface area (Å²) in [4.78, 5) is 8.73. The monoisotopic (exact) mass is 500 g/mol. The first kappa shape index (κ1) is 21.6. The van der Waals surface area contributed by atoms with Crippen LogP contribution in [0.25, 0.3) is 0 Å². The molecule has 3 saturated carbocycles. The summed E-state index contributed by atoms with van der Waals surface area (Å²) in [6.07, 6.45) is 9.72. The van der Waals surface area contributed by atoms with Gasteiger partial charge in [0.25, 0.3) is 0 Å². The van der Waals surface area contributed by atoms with E-state index in [1.54, 1.807) is 0 Å². The molecule has 2 atom stereocenters. The van der Waals surface area contributed by atoms with Gasteiger partial charge in [-0.05, 0) is 56.6 Å². The Morgan fingerprint density at radius 2 is 2.18 bits per heavy atom. The summed E-state index contributed by atoms with van der Waals surface area (Å²) in [7, 11) is 1.83. The predicted molar refractivity (Wildman–Crippen MR) is 121 cm³/mol. The minimum atomic E-state index is 0. The molecule has 3 fully saturated rings. The highest BCUT2D eigenvalue weighted by atomic mass is 127. The summed E-state index contributed by atoms with van der Waals surface area (Å²) in [5.74, 6) is 2.31. The first-order valence-electron chi connectivity index (χ1n) is 10.4. The molecular formula is C21H33IN4O2. The van der Waals surface area contributed by atoms with Gasteiger partial charge in [-0.15, -0.1) is 24.0 Å². The molecule has 1 aromatic rings. The van der Waals surface area contributed by atoms with Crippen molar-refractivity contribution in [3.8, 4) is 5.88 Å². The van der Waals surface area contributed by atoms with Crippen molar-refractivity contribution in [3.63, 3.8) is 0 Å². The molecule has 1 aromatic heterocycles. The number of rotatable bonds is 8. The van der Waals surface area contributed by atoms with Gasteiger partial charge in [0.15, 0.2) is 5.96 Å². The van der Waals surface area contributed by atoms with Crippen LogP contribution in [0.4, 0.5) is 0 Å². The minimum absolute atomic E-state index is 0. The van der Waals surface area contributed by atoms with Gasteiger partial charge in [-0.2, -0.15) is 0 Å². The molecule has 0 aliphatic heterocycles. The van der Waals surface area contributed by atoms with Crippen LogP contribution < -0.4 is 15.4 Å². The van der Waals surface area contributed by atoms with Crippen molar-refractivity contribution in [2.45, 2.75) is 64.1 Å². The van der Waals surface area contributed by atoms with Gasteiger partial charge in [0.05, 0.1) is 12.7 Å². The number of guanidine groups is 1. The zero-order valence-electron chi connectivity index (χ0n) is 16.9. The van der Waals surface area contributed by atoms with Crippen LogP contribution in [0.5, 0.6) is 5.88 Å². The number of nitrogens with zero attached hydrogens (tertiary/aromatic N) is 2. The van der Waals surface area contributed by atoms with E-state index >= 15 is 0 Å².